The highest BCUT2D eigenvalue weighted by Gasteiger charge is 2.20. The highest BCUT2D eigenvalue weighted by molar-refractivity contribution is 5.74. The molecular weight excluding hydrogens is 484 g/mol. The van der Waals surface area contributed by atoms with Crippen LogP contribution in [0.2, 0.25) is 0 Å². The summed E-state index contributed by atoms with van der Waals surface area (Å²) in [5, 5.41) is 45.9. The van der Waals surface area contributed by atoms with Gasteiger partial charge < -0.3 is 59.1 Å². The van der Waals surface area contributed by atoms with Crippen LogP contribution in [0.4, 0.5) is 0 Å². The number of nitrogens with two attached hydrogens (primary N) is 4. The maximum Gasteiger partial charge on any atom is 0.320 e. The van der Waals surface area contributed by atoms with E-state index < -0.39 is 35.9 Å². The summed E-state index contributed by atoms with van der Waals surface area (Å²) in [6.07, 6.45) is 5.73. The molecule has 212 valence electrons. The number of nitrogens with one attached hydrogen (secondary N) is 2. The monoisotopic (exact) mass is 526 g/mol. The lowest BCUT2D eigenvalue weighted by atomic mass is 10.1. The van der Waals surface area contributed by atoms with Crippen molar-refractivity contribution in [3.63, 3.8) is 0 Å². The van der Waals surface area contributed by atoms with Crippen molar-refractivity contribution in [1.29, 1.82) is 0 Å². The molecule has 2 aliphatic heterocycles. The molecule has 0 aromatic heterocycles. The van der Waals surface area contributed by atoms with Crippen LogP contribution in [-0.2, 0) is 24.0 Å². The molecule has 2 aliphatic rings. The molecule has 16 heteroatoms. The molecular formula is C20H42N6O10. The van der Waals surface area contributed by atoms with E-state index in [1.807, 2.05) is 0 Å². The third kappa shape index (κ3) is 27.4. The summed E-state index contributed by atoms with van der Waals surface area (Å²) in [4.78, 5) is 48.9. The number of rotatable bonds is 9. The fraction of sp³-hybridized carbons (Fsp3) is 0.750. The van der Waals surface area contributed by atoms with Crippen molar-refractivity contribution in [2.45, 2.75) is 63.1 Å². The Morgan fingerprint density at radius 2 is 1.08 bits per heavy atom. The number of hydrogen-bond acceptors (Lipinski definition) is 11. The third-order valence-electron chi connectivity index (χ3n) is 4.35. The predicted molar refractivity (Wildman–Crippen MR) is 129 cm³/mol. The smallest absolute Gasteiger partial charge is 0.320 e. The highest BCUT2D eigenvalue weighted by Crippen LogP contribution is 2.04. The van der Waals surface area contributed by atoms with Crippen LogP contribution in [0.5, 0.6) is 0 Å². The molecule has 2 heterocycles. The zero-order valence-corrected chi connectivity index (χ0v) is 20.3. The van der Waals surface area contributed by atoms with Crippen LogP contribution in [0, 0.1) is 0 Å². The van der Waals surface area contributed by atoms with Gasteiger partial charge in [0.25, 0.3) is 0 Å². The number of hydrogen-bond donors (Lipinski definition) is 11. The molecule has 0 unspecified atom stereocenters. The lowest BCUT2D eigenvalue weighted by molar-refractivity contribution is -0.140. The number of carbonyl (C=O) groups is 5. The average molecular weight is 527 g/mol. The minimum absolute atomic E-state index is 0.269. The van der Waals surface area contributed by atoms with Crippen molar-refractivity contribution >= 4 is 29.8 Å². The molecule has 0 bridgehead atoms. The predicted octanol–water partition coefficient (Wildman–Crippen LogP) is -2.77. The molecule has 0 amide bonds. The molecule has 2 saturated heterocycles. The topological polar surface area (TPSA) is 315 Å². The second-order valence-electron chi connectivity index (χ2n) is 7.40. The van der Waals surface area contributed by atoms with Crippen LogP contribution in [0.15, 0.2) is 0 Å². The van der Waals surface area contributed by atoms with Gasteiger partial charge in [0.05, 0.1) is 13.1 Å². The molecule has 2 rings (SSSR count). The van der Waals surface area contributed by atoms with E-state index in [1.165, 1.54) is 0 Å². The first kappa shape index (κ1) is 37.7. The van der Waals surface area contributed by atoms with Crippen LogP contribution in [0.1, 0.15) is 44.9 Å². The largest absolute Gasteiger partial charge is 0.480 e. The summed E-state index contributed by atoms with van der Waals surface area (Å²) >= 11 is 0. The Morgan fingerprint density at radius 3 is 1.25 bits per heavy atom. The van der Waals surface area contributed by atoms with Crippen molar-refractivity contribution in [2.24, 2.45) is 22.9 Å². The Labute approximate surface area is 209 Å². The summed E-state index contributed by atoms with van der Waals surface area (Å²) in [7, 11) is 0. The van der Waals surface area contributed by atoms with E-state index in [-0.39, 0.29) is 25.2 Å². The summed E-state index contributed by atoms with van der Waals surface area (Å²) in [5.41, 5.74) is 19.6. The van der Waals surface area contributed by atoms with Crippen molar-refractivity contribution < 1.29 is 49.5 Å². The van der Waals surface area contributed by atoms with Gasteiger partial charge in [0.1, 0.15) is 18.1 Å². The van der Waals surface area contributed by atoms with Gasteiger partial charge >= 0.3 is 29.8 Å². The molecule has 3 atom stereocenters. The van der Waals surface area contributed by atoms with E-state index in [2.05, 4.69) is 22.1 Å². The Morgan fingerprint density at radius 1 is 0.722 bits per heavy atom. The second kappa shape index (κ2) is 25.2. The second-order valence-corrected chi connectivity index (χ2v) is 7.40. The first-order valence-electron chi connectivity index (χ1n) is 11.3. The van der Waals surface area contributed by atoms with Gasteiger partial charge in [-0.3, -0.25) is 24.0 Å². The van der Waals surface area contributed by atoms with Gasteiger partial charge in [-0.2, -0.15) is 0 Å². The molecule has 16 nitrogen and oxygen atoms in total. The Kier molecular flexibility index (Phi) is 26.4. The summed E-state index contributed by atoms with van der Waals surface area (Å²) in [6.45, 7) is 1.76. The maximum absolute atomic E-state index is 10.1. The zero-order valence-electron chi connectivity index (χ0n) is 20.3. The SMILES string of the molecule is NCC(=O)O.NCC(=O)O.NCCCC[C@H](N)C(=O)O.O=C(O)[C@@H]1CCCN1.O=C(O)[C@@H]1CCCN1. The van der Waals surface area contributed by atoms with Gasteiger partial charge in [0.15, 0.2) is 0 Å². The zero-order chi connectivity index (χ0) is 28.5. The fourth-order valence-corrected chi connectivity index (χ4v) is 2.42. The third-order valence-corrected chi connectivity index (χ3v) is 4.35. The average Bonchev–Trinajstić information content (AvgIpc) is 3.55. The maximum atomic E-state index is 10.1. The summed E-state index contributed by atoms with van der Waals surface area (Å²) in [5.74, 6) is -4.31. The van der Waals surface area contributed by atoms with Gasteiger partial charge in [0.2, 0.25) is 0 Å². The van der Waals surface area contributed by atoms with Crippen LogP contribution >= 0.6 is 0 Å². The Balaban J connectivity index is -0.000000388. The fourth-order valence-electron chi connectivity index (χ4n) is 2.42. The molecule has 0 spiro atoms. The van der Waals surface area contributed by atoms with E-state index in [1.54, 1.807) is 0 Å². The van der Waals surface area contributed by atoms with Gasteiger partial charge in [-0.15, -0.1) is 0 Å². The van der Waals surface area contributed by atoms with E-state index in [0.717, 1.165) is 51.6 Å². The van der Waals surface area contributed by atoms with Gasteiger partial charge in [0, 0.05) is 0 Å². The number of unbranched alkanes of at least 4 members (excludes halogenated alkanes) is 1. The molecule has 0 saturated carbocycles. The Hall–Kier alpha value is -2.89. The van der Waals surface area contributed by atoms with Crippen LogP contribution in [0.3, 0.4) is 0 Å². The number of carboxylic acid groups (broad SMARTS) is 5. The van der Waals surface area contributed by atoms with E-state index in [4.69, 9.17) is 37.0 Å². The minimum Gasteiger partial charge on any atom is -0.480 e. The number of aliphatic carboxylic acids is 5. The lowest BCUT2D eigenvalue weighted by Crippen LogP contribution is -2.29. The standard InChI is InChI=1S/C6H14N2O2.2C5H9NO2.2C2H5NO2/c7-4-2-1-3-5(8)6(9)10;2*7-5(8)4-2-1-3-6-4;2*3-1-2(4)5/h5H,1-4,7-8H2,(H,9,10);2*4,6H,1-3H2,(H,7,8);2*1,3H2,(H,4,5)/t5-;2*4-;;/m000../s1. The van der Waals surface area contributed by atoms with Gasteiger partial charge in [-0.25, -0.2) is 0 Å². The molecule has 0 radical (unpaired) electrons. The van der Waals surface area contributed by atoms with Gasteiger partial charge in [-0.05, 0) is 58.2 Å². The van der Waals surface area contributed by atoms with Crippen molar-refractivity contribution in [3.05, 3.63) is 0 Å². The Bertz CT molecular complexity index is 586. The highest BCUT2D eigenvalue weighted by atomic mass is 16.4. The molecule has 0 aromatic rings. The molecule has 2 fully saturated rings. The quantitative estimate of drug-likeness (QED) is 0.135. The van der Waals surface area contributed by atoms with Crippen LogP contribution in [-0.4, -0.2) is 106 Å². The molecule has 0 aliphatic carbocycles. The van der Waals surface area contributed by atoms with Crippen molar-refractivity contribution in [1.82, 2.24) is 10.6 Å². The number of carboxylic acids is 5. The van der Waals surface area contributed by atoms with Crippen molar-refractivity contribution in [3.8, 4) is 0 Å². The van der Waals surface area contributed by atoms with Gasteiger partial charge in [-0.1, -0.05) is 6.42 Å². The minimum atomic E-state index is -0.968. The first-order chi connectivity index (χ1) is 16.8. The lowest BCUT2D eigenvalue weighted by Gasteiger charge is -2.03. The van der Waals surface area contributed by atoms with E-state index >= 15 is 0 Å². The van der Waals surface area contributed by atoms with Crippen LogP contribution < -0.4 is 33.6 Å². The summed E-state index contributed by atoms with van der Waals surface area (Å²) in [6, 6.07) is -1.25. The first-order valence-corrected chi connectivity index (χ1v) is 11.3. The van der Waals surface area contributed by atoms with Crippen molar-refractivity contribution in [2.75, 3.05) is 32.7 Å². The van der Waals surface area contributed by atoms with E-state index in [0.29, 0.717) is 13.0 Å². The summed E-state index contributed by atoms with van der Waals surface area (Å²) < 4.78 is 0. The molecule has 15 N–H and O–H groups in total. The molecule has 0 aromatic carbocycles. The van der Waals surface area contributed by atoms with E-state index in [9.17, 15) is 24.0 Å². The molecule has 36 heavy (non-hydrogen) atoms. The van der Waals surface area contributed by atoms with Crippen LogP contribution in [0.25, 0.3) is 0 Å². The normalized spacial score (nSPS) is 18.2.